The van der Waals surface area contributed by atoms with Crippen molar-refractivity contribution in [3.8, 4) is 11.5 Å². The maximum absolute atomic E-state index is 10.6. The molecule has 2 rings (SSSR count). The molecule has 128 valence electrons. The number of hydrogen-bond donors (Lipinski definition) is 0. The Morgan fingerprint density at radius 1 is 1.17 bits per heavy atom. The number of ether oxygens (including phenoxy) is 2. The number of nitro groups is 1. The van der Waals surface area contributed by atoms with Gasteiger partial charge in [0.25, 0.3) is 5.69 Å². The molecule has 1 aromatic carbocycles. The van der Waals surface area contributed by atoms with E-state index < -0.39 is 4.92 Å². The van der Waals surface area contributed by atoms with Crippen LogP contribution in [-0.2, 0) is 6.42 Å². The summed E-state index contributed by atoms with van der Waals surface area (Å²) in [7, 11) is 5.15. The Morgan fingerprint density at radius 3 is 2.50 bits per heavy atom. The van der Waals surface area contributed by atoms with Gasteiger partial charge >= 0.3 is 0 Å². The van der Waals surface area contributed by atoms with Gasteiger partial charge in [0.2, 0.25) is 0 Å². The highest BCUT2D eigenvalue weighted by molar-refractivity contribution is 5.43. The number of aryl methyl sites for hydroxylation is 1. The highest BCUT2D eigenvalue weighted by Crippen LogP contribution is 2.28. The molecule has 0 aliphatic carbocycles. The quantitative estimate of drug-likeness (QED) is 0.546. The Hall–Kier alpha value is -2.83. The third kappa shape index (κ3) is 4.34. The van der Waals surface area contributed by atoms with Crippen LogP contribution in [0, 0.1) is 10.1 Å². The molecule has 0 saturated carbocycles. The molecule has 0 amide bonds. The van der Waals surface area contributed by atoms with Gasteiger partial charge in [0.1, 0.15) is 12.0 Å². The maximum atomic E-state index is 10.6. The molecule has 0 bridgehead atoms. The van der Waals surface area contributed by atoms with E-state index in [4.69, 9.17) is 9.47 Å². The SMILES string of the molecule is COc1ccc(CCCN(C)c2ccc([N+](=O)[O-])cn2)cc1OC. The Kier molecular flexibility index (Phi) is 5.95. The number of anilines is 1. The van der Waals surface area contributed by atoms with Crippen LogP contribution in [0.1, 0.15) is 12.0 Å². The molecule has 0 aliphatic heterocycles. The summed E-state index contributed by atoms with van der Waals surface area (Å²) in [5, 5.41) is 10.6. The summed E-state index contributed by atoms with van der Waals surface area (Å²) in [5.41, 5.74) is 1.16. The molecule has 0 saturated heterocycles. The lowest BCUT2D eigenvalue weighted by Gasteiger charge is -2.18. The van der Waals surface area contributed by atoms with Crippen molar-refractivity contribution in [2.45, 2.75) is 12.8 Å². The van der Waals surface area contributed by atoms with E-state index in [1.807, 2.05) is 30.1 Å². The molecule has 2 aromatic rings. The van der Waals surface area contributed by atoms with Gasteiger partial charge in [0.15, 0.2) is 11.5 Å². The van der Waals surface area contributed by atoms with Crippen LogP contribution in [-0.4, -0.2) is 37.7 Å². The molecule has 7 nitrogen and oxygen atoms in total. The van der Waals surface area contributed by atoms with E-state index in [0.29, 0.717) is 11.6 Å². The lowest BCUT2D eigenvalue weighted by molar-refractivity contribution is -0.385. The minimum Gasteiger partial charge on any atom is -0.493 e. The van der Waals surface area contributed by atoms with Crippen molar-refractivity contribution in [2.24, 2.45) is 0 Å². The van der Waals surface area contributed by atoms with Crippen molar-refractivity contribution < 1.29 is 14.4 Å². The average Bonchev–Trinajstić information content (AvgIpc) is 2.61. The molecular weight excluding hydrogens is 310 g/mol. The van der Waals surface area contributed by atoms with Crippen molar-refractivity contribution >= 4 is 11.5 Å². The van der Waals surface area contributed by atoms with Crippen LogP contribution in [0.25, 0.3) is 0 Å². The molecule has 0 spiro atoms. The van der Waals surface area contributed by atoms with Gasteiger partial charge < -0.3 is 14.4 Å². The van der Waals surface area contributed by atoms with Crippen molar-refractivity contribution in [1.82, 2.24) is 4.98 Å². The van der Waals surface area contributed by atoms with Crippen molar-refractivity contribution in [3.63, 3.8) is 0 Å². The molecule has 0 fully saturated rings. The first-order valence-electron chi connectivity index (χ1n) is 7.57. The lowest BCUT2D eigenvalue weighted by atomic mass is 10.1. The second-order valence-electron chi connectivity index (χ2n) is 5.35. The normalized spacial score (nSPS) is 10.3. The Balaban J connectivity index is 1.90. The summed E-state index contributed by atoms with van der Waals surface area (Å²) in [5.74, 6) is 2.15. The largest absolute Gasteiger partial charge is 0.493 e. The molecule has 0 atom stereocenters. The van der Waals surface area contributed by atoms with Gasteiger partial charge in [0, 0.05) is 19.7 Å². The lowest BCUT2D eigenvalue weighted by Crippen LogP contribution is -2.20. The van der Waals surface area contributed by atoms with Crippen LogP contribution in [0.4, 0.5) is 11.5 Å². The summed E-state index contributed by atoms with van der Waals surface area (Å²) in [6.45, 7) is 0.791. The summed E-state index contributed by atoms with van der Waals surface area (Å²) in [6, 6.07) is 9.02. The molecule has 24 heavy (non-hydrogen) atoms. The first-order valence-corrected chi connectivity index (χ1v) is 7.57. The third-order valence-electron chi connectivity index (χ3n) is 3.74. The highest BCUT2D eigenvalue weighted by Gasteiger charge is 2.09. The van der Waals surface area contributed by atoms with Crippen LogP contribution >= 0.6 is 0 Å². The van der Waals surface area contributed by atoms with Crippen LogP contribution in [0.2, 0.25) is 0 Å². The fraction of sp³-hybridized carbons (Fsp3) is 0.353. The van der Waals surface area contributed by atoms with Gasteiger partial charge in [0.05, 0.1) is 19.1 Å². The van der Waals surface area contributed by atoms with Gasteiger partial charge in [-0.15, -0.1) is 0 Å². The Morgan fingerprint density at radius 2 is 1.92 bits per heavy atom. The summed E-state index contributed by atoms with van der Waals surface area (Å²) < 4.78 is 10.5. The fourth-order valence-corrected chi connectivity index (χ4v) is 2.38. The average molecular weight is 331 g/mol. The molecule has 1 aromatic heterocycles. The van der Waals surface area contributed by atoms with E-state index in [-0.39, 0.29) is 5.69 Å². The maximum Gasteiger partial charge on any atom is 0.287 e. The number of methoxy groups -OCH3 is 2. The zero-order valence-electron chi connectivity index (χ0n) is 14.1. The van der Waals surface area contributed by atoms with Crippen LogP contribution in [0.3, 0.4) is 0 Å². The van der Waals surface area contributed by atoms with Crippen molar-refractivity contribution in [1.29, 1.82) is 0 Å². The predicted octanol–water partition coefficient (Wildman–Crippen LogP) is 3.08. The summed E-state index contributed by atoms with van der Waals surface area (Å²) in [6.07, 6.45) is 3.09. The summed E-state index contributed by atoms with van der Waals surface area (Å²) in [4.78, 5) is 16.3. The predicted molar refractivity (Wildman–Crippen MR) is 92.0 cm³/mol. The number of pyridine rings is 1. The van der Waals surface area contributed by atoms with Gasteiger partial charge in [-0.05, 0) is 36.6 Å². The van der Waals surface area contributed by atoms with Gasteiger partial charge in [-0.25, -0.2) is 4.98 Å². The minimum atomic E-state index is -0.451. The first-order chi connectivity index (χ1) is 11.5. The molecule has 0 unspecified atom stereocenters. The number of nitrogens with zero attached hydrogens (tertiary/aromatic N) is 3. The Labute approximate surface area is 141 Å². The molecular formula is C17H21N3O4. The second-order valence-corrected chi connectivity index (χ2v) is 5.35. The standard InChI is InChI=1S/C17H21N3O4/c1-19(17-9-7-14(12-18-17)20(21)22)10-4-5-13-6-8-15(23-2)16(11-13)24-3/h6-9,11-12H,4-5,10H2,1-3H3. The van der Waals surface area contributed by atoms with Gasteiger partial charge in [-0.1, -0.05) is 6.07 Å². The van der Waals surface area contributed by atoms with Crippen LogP contribution in [0.5, 0.6) is 11.5 Å². The number of benzene rings is 1. The topological polar surface area (TPSA) is 77.7 Å². The zero-order valence-corrected chi connectivity index (χ0v) is 14.1. The van der Waals surface area contributed by atoms with E-state index in [0.717, 1.165) is 30.7 Å². The van der Waals surface area contributed by atoms with Crippen LogP contribution in [0.15, 0.2) is 36.5 Å². The van der Waals surface area contributed by atoms with Crippen molar-refractivity contribution in [2.75, 3.05) is 32.7 Å². The molecule has 0 aliphatic rings. The first kappa shape index (κ1) is 17.5. The number of rotatable bonds is 8. The van der Waals surface area contributed by atoms with Crippen molar-refractivity contribution in [3.05, 3.63) is 52.2 Å². The van der Waals surface area contributed by atoms with E-state index in [1.165, 1.54) is 12.3 Å². The monoisotopic (exact) mass is 331 g/mol. The van der Waals surface area contributed by atoms with E-state index in [2.05, 4.69) is 4.98 Å². The van der Waals surface area contributed by atoms with Gasteiger partial charge in [-0.3, -0.25) is 10.1 Å². The van der Waals surface area contributed by atoms with Crippen LogP contribution < -0.4 is 14.4 Å². The minimum absolute atomic E-state index is 0.00234. The molecule has 0 radical (unpaired) electrons. The van der Waals surface area contributed by atoms with E-state index >= 15 is 0 Å². The number of hydrogen-bond acceptors (Lipinski definition) is 6. The Bertz CT molecular complexity index is 689. The van der Waals surface area contributed by atoms with E-state index in [1.54, 1.807) is 20.3 Å². The van der Waals surface area contributed by atoms with E-state index in [9.17, 15) is 10.1 Å². The fourth-order valence-electron chi connectivity index (χ4n) is 2.38. The smallest absolute Gasteiger partial charge is 0.287 e. The number of aromatic nitrogens is 1. The van der Waals surface area contributed by atoms with Gasteiger partial charge in [-0.2, -0.15) is 0 Å². The highest BCUT2D eigenvalue weighted by atomic mass is 16.6. The summed E-state index contributed by atoms with van der Waals surface area (Å²) >= 11 is 0. The molecule has 0 N–H and O–H groups in total. The molecule has 1 heterocycles. The zero-order chi connectivity index (χ0) is 17.5. The second kappa shape index (κ2) is 8.14. The molecule has 7 heteroatoms. The third-order valence-corrected chi connectivity index (χ3v) is 3.74.